The van der Waals surface area contributed by atoms with E-state index in [1.807, 2.05) is 23.1 Å². The van der Waals surface area contributed by atoms with Crippen LogP contribution in [0.1, 0.15) is 36.8 Å². The number of fused-ring (bicyclic) bond motifs is 1. The quantitative estimate of drug-likeness (QED) is 0.222. The van der Waals surface area contributed by atoms with E-state index in [1.165, 1.54) is 14.2 Å². The zero-order valence-corrected chi connectivity index (χ0v) is 29.5. The summed E-state index contributed by atoms with van der Waals surface area (Å²) >= 11 is 0. The molecule has 6 rings (SSSR count). The van der Waals surface area contributed by atoms with Gasteiger partial charge in [-0.2, -0.15) is 13.2 Å². The number of aliphatic carboxylic acids is 1. The lowest BCUT2D eigenvalue weighted by molar-refractivity contribution is -0.234. The first-order valence-corrected chi connectivity index (χ1v) is 17.6. The molecule has 3 saturated heterocycles. The molecule has 0 radical (unpaired) electrons. The molecular formula is C38H43F6N3O6. The van der Waals surface area contributed by atoms with Crippen LogP contribution in [0.15, 0.2) is 48.5 Å². The van der Waals surface area contributed by atoms with Gasteiger partial charge in [-0.25, -0.2) is 18.0 Å². The van der Waals surface area contributed by atoms with Gasteiger partial charge in [0.25, 0.3) is 5.92 Å². The first-order valence-electron chi connectivity index (χ1n) is 17.6. The summed E-state index contributed by atoms with van der Waals surface area (Å²) < 4.78 is 103. The summed E-state index contributed by atoms with van der Waals surface area (Å²) in [5, 5.41) is 13.6. The van der Waals surface area contributed by atoms with E-state index < -0.39 is 60.5 Å². The number of nitrogens with zero attached hydrogens (tertiary/aromatic N) is 2. The Morgan fingerprint density at radius 2 is 1.60 bits per heavy atom. The minimum atomic E-state index is -4.98. The number of hydrogen-bond donors (Lipinski definition) is 2. The number of likely N-dealkylation sites (tertiary alicyclic amines) is 2. The van der Waals surface area contributed by atoms with Crippen LogP contribution in [0.2, 0.25) is 0 Å². The predicted octanol–water partition coefficient (Wildman–Crippen LogP) is 6.25. The Hall–Kier alpha value is -4.08. The largest absolute Gasteiger partial charge is 0.496 e. The van der Waals surface area contributed by atoms with Crippen LogP contribution < -0.4 is 14.8 Å². The molecule has 3 aliphatic rings. The smallest absolute Gasteiger partial charge is 0.403 e. The van der Waals surface area contributed by atoms with Crippen LogP contribution in [0.5, 0.6) is 11.5 Å². The van der Waals surface area contributed by atoms with Gasteiger partial charge in [-0.3, -0.25) is 14.6 Å². The molecule has 3 atom stereocenters. The molecule has 3 fully saturated rings. The summed E-state index contributed by atoms with van der Waals surface area (Å²) in [4.78, 5) is 29.6. The molecule has 3 aliphatic heterocycles. The zero-order chi connectivity index (χ0) is 38.1. The Kier molecular flexibility index (Phi) is 11.2. The lowest BCUT2D eigenvalue weighted by atomic mass is 9.76. The number of nitrogens with one attached hydrogen (secondary N) is 1. The maximum absolute atomic E-state index is 14.7. The van der Waals surface area contributed by atoms with E-state index in [9.17, 15) is 41.0 Å². The fraction of sp³-hybridized carbons (Fsp3) is 0.526. The molecule has 3 heterocycles. The van der Waals surface area contributed by atoms with Gasteiger partial charge in [0.2, 0.25) is 5.91 Å². The van der Waals surface area contributed by atoms with Gasteiger partial charge in [0.05, 0.1) is 39.0 Å². The number of carboxylic acids is 1. The summed E-state index contributed by atoms with van der Waals surface area (Å²) in [5.41, 5.74) is -0.386. The van der Waals surface area contributed by atoms with E-state index >= 15 is 0 Å². The first-order chi connectivity index (χ1) is 25.2. The third-order valence-corrected chi connectivity index (χ3v) is 11.0. The Labute approximate surface area is 303 Å². The highest BCUT2D eigenvalue weighted by Crippen LogP contribution is 2.48. The van der Waals surface area contributed by atoms with E-state index in [2.05, 4.69) is 5.32 Å². The van der Waals surface area contributed by atoms with Crippen molar-refractivity contribution >= 4 is 22.6 Å². The molecule has 53 heavy (non-hydrogen) atoms. The number of piperidine rings is 2. The number of benzene rings is 3. The average molecular weight is 752 g/mol. The third kappa shape index (κ3) is 7.79. The zero-order valence-electron chi connectivity index (χ0n) is 29.5. The molecule has 3 aromatic rings. The number of carboxylic acid groups (broad SMARTS) is 1. The molecule has 9 nitrogen and oxygen atoms in total. The van der Waals surface area contributed by atoms with Crippen molar-refractivity contribution in [3.05, 3.63) is 59.7 Å². The Balaban J connectivity index is 1.28. The number of carbonyl (C=O) groups excluding carboxylic acids is 1. The molecule has 0 aromatic heterocycles. The number of amides is 1. The summed E-state index contributed by atoms with van der Waals surface area (Å²) in [6.45, 7) is 0.298. The highest BCUT2D eigenvalue weighted by Gasteiger charge is 2.61. The number of methoxy groups -OCH3 is 2. The molecule has 288 valence electrons. The van der Waals surface area contributed by atoms with Gasteiger partial charge in [0.15, 0.2) is 0 Å². The van der Waals surface area contributed by atoms with E-state index in [1.54, 1.807) is 35.2 Å². The summed E-state index contributed by atoms with van der Waals surface area (Å²) in [6.07, 6.45) is -8.43. The summed E-state index contributed by atoms with van der Waals surface area (Å²) in [7, 11) is 3.00. The second-order valence-corrected chi connectivity index (χ2v) is 14.1. The molecule has 0 saturated carbocycles. The number of alkyl halides is 6. The molecule has 15 heteroatoms. The minimum absolute atomic E-state index is 0.0492. The Morgan fingerprint density at radius 3 is 2.21 bits per heavy atom. The molecule has 1 amide bonds. The second kappa shape index (κ2) is 15.3. The first kappa shape index (κ1) is 38.6. The highest BCUT2D eigenvalue weighted by molar-refractivity contribution is 6.01. The van der Waals surface area contributed by atoms with Crippen molar-refractivity contribution in [2.24, 2.45) is 5.41 Å². The fourth-order valence-electron chi connectivity index (χ4n) is 7.88. The van der Waals surface area contributed by atoms with Crippen LogP contribution in [0.4, 0.5) is 26.3 Å². The topological polar surface area (TPSA) is 101 Å². The summed E-state index contributed by atoms with van der Waals surface area (Å²) in [5.74, 6) is -4.69. The van der Waals surface area contributed by atoms with Crippen LogP contribution >= 0.6 is 0 Å². The van der Waals surface area contributed by atoms with Crippen molar-refractivity contribution in [2.45, 2.75) is 69.0 Å². The van der Waals surface area contributed by atoms with Crippen molar-refractivity contribution in [3.8, 4) is 22.6 Å². The predicted molar refractivity (Wildman–Crippen MR) is 184 cm³/mol. The van der Waals surface area contributed by atoms with Crippen molar-refractivity contribution < 1.29 is 55.2 Å². The van der Waals surface area contributed by atoms with E-state index in [4.69, 9.17) is 14.2 Å². The van der Waals surface area contributed by atoms with Crippen molar-refractivity contribution in [2.75, 3.05) is 53.6 Å². The van der Waals surface area contributed by atoms with Crippen LogP contribution in [0, 0.1) is 5.41 Å². The molecule has 0 unspecified atom stereocenters. The van der Waals surface area contributed by atoms with Gasteiger partial charge in [-0.15, -0.1) is 0 Å². The number of halogens is 6. The fourth-order valence-corrected chi connectivity index (χ4v) is 7.88. The lowest BCUT2D eigenvalue weighted by Gasteiger charge is -2.43. The van der Waals surface area contributed by atoms with Gasteiger partial charge in [-0.05, 0) is 40.8 Å². The van der Waals surface area contributed by atoms with Gasteiger partial charge >= 0.3 is 12.1 Å². The SMILES string of the molecule is COc1ccc(CN2CCC(F)(F)CC2)c(OC)c1-c1cccc2c(C[C@H](NC(=O)C3(C(F)(F)F)CCN([C@H]4COC[C@@H]4F)CC3)C(=O)O)cccc12. The number of ether oxygens (including phenoxy) is 3. The normalized spacial score (nSPS) is 22.7. The molecule has 0 aliphatic carbocycles. The molecular weight excluding hydrogens is 708 g/mol. The standard InChI is InChI=1S/C38H43F6N3O6/c1-51-31-10-9-24(20-46-15-13-37(40,41)14-16-46)33(52-2)32(31)27-8-4-6-25-23(5-3-7-26(25)27)19-29(34(48)49)45-35(50)36(38(42,43)44)11-17-47(18-12-36)30-22-53-21-28(30)39/h3-10,28-30H,11-22H2,1-2H3,(H,45,50)(H,48,49)/t28-,29-,30-/m0/s1. The number of rotatable bonds is 11. The number of carbonyl (C=O) groups is 2. The number of hydrogen-bond acceptors (Lipinski definition) is 7. The minimum Gasteiger partial charge on any atom is -0.496 e. The maximum atomic E-state index is 14.7. The van der Waals surface area contributed by atoms with Crippen LogP contribution in [0.25, 0.3) is 21.9 Å². The lowest BCUT2D eigenvalue weighted by Crippen LogP contribution is -2.60. The van der Waals surface area contributed by atoms with Crippen LogP contribution in [-0.2, 0) is 27.3 Å². The molecule has 0 bridgehead atoms. The maximum Gasteiger partial charge on any atom is 0.403 e. The van der Waals surface area contributed by atoms with E-state index in [0.29, 0.717) is 45.5 Å². The summed E-state index contributed by atoms with van der Waals surface area (Å²) in [6, 6.07) is 11.7. The van der Waals surface area contributed by atoms with E-state index in [-0.39, 0.29) is 58.7 Å². The van der Waals surface area contributed by atoms with Crippen molar-refractivity contribution in [1.82, 2.24) is 15.1 Å². The molecule has 2 N–H and O–H groups in total. The molecule has 0 spiro atoms. The average Bonchev–Trinajstić information content (AvgIpc) is 3.56. The van der Waals surface area contributed by atoms with Gasteiger partial charge in [0.1, 0.15) is 29.1 Å². The highest BCUT2D eigenvalue weighted by atomic mass is 19.4. The Morgan fingerprint density at radius 1 is 0.925 bits per heavy atom. The van der Waals surface area contributed by atoms with Gasteiger partial charge in [0, 0.05) is 57.5 Å². The van der Waals surface area contributed by atoms with Crippen molar-refractivity contribution in [1.29, 1.82) is 0 Å². The third-order valence-electron chi connectivity index (χ3n) is 11.0. The monoisotopic (exact) mass is 751 g/mol. The van der Waals surface area contributed by atoms with Crippen LogP contribution in [-0.4, -0.2) is 111 Å². The van der Waals surface area contributed by atoms with Crippen molar-refractivity contribution in [3.63, 3.8) is 0 Å². The van der Waals surface area contributed by atoms with E-state index in [0.717, 1.165) is 5.56 Å². The Bertz CT molecular complexity index is 1800. The second-order valence-electron chi connectivity index (χ2n) is 14.1. The van der Waals surface area contributed by atoms with Gasteiger partial charge < -0.3 is 24.6 Å². The van der Waals surface area contributed by atoms with Crippen LogP contribution in [0.3, 0.4) is 0 Å². The van der Waals surface area contributed by atoms with Gasteiger partial charge in [-0.1, -0.05) is 42.5 Å². The molecule has 3 aromatic carbocycles.